The molecule has 0 fully saturated rings. The third kappa shape index (κ3) is 7.34. The predicted molar refractivity (Wildman–Crippen MR) is 131 cm³/mol. The van der Waals surface area contributed by atoms with Crippen LogP contribution in [0.4, 0.5) is 5.69 Å². The van der Waals surface area contributed by atoms with Gasteiger partial charge in [-0.1, -0.05) is 53.2 Å². The summed E-state index contributed by atoms with van der Waals surface area (Å²) in [5.41, 5.74) is 1.42. The molecule has 0 aromatic heterocycles. The maximum Gasteiger partial charge on any atom is 0.244 e. The van der Waals surface area contributed by atoms with Crippen molar-refractivity contribution >= 4 is 43.5 Å². The van der Waals surface area contributed by atoms with Crippen LogP contribution in [0.2, 0.25) is 0 Å². The number of likely N-dealkylation sites (N-methyl/N-ethyl adjacent to an activating group) is 1. The highest BCUT2D eigenvalue weighted by Gasteiger charge is 2.31. The Balaban J connectivity index is 2.33. The normalized spacial score (nSPS) is 12.1. The zero-order chi connectivity index (χ0) is 23.7. The smallest absolute Gasteiger partial charge is 0.244 e. The fourth-order valence-corrected chi connectivity index (χ4v) is 4.52. The van der Waals surface area contributed by atoms with Crippen LogP contribution in [-0.2, 0) is 26.0 Å². The topological polar surface area (TPSA) is 86.8 Å². The summed E-state index contributed by atoms with van der Waals surface area (Å²) in [6.07, 6.45) is 2.04. The molecule has 0 bridgehead atoms. The van der Waals surface area contributed by atoms with Gasteiger partial charge in [0.05, 0.1) is 11.9 Å². The van der Waals surface area contributed by atoms with Gasteiger partial charge in [0.15, 0.2) is 0 Å². The van der Waals surface area contributed by atoms with E-state index in [-0.39, 0.29) is 12.5 Å². The number of carbonyl (C=O) groups is 2. The number of nitrogens with one attached hydrogen (secondary N) is 1. The maximum atomic E-state index is 13.4. The second-order valence-corrected chi connectivity index (χ2v) is 10.2. The summed E-state index contributed by atoms with van der Waals surface area (Å²) in [6, 6.07) is 15.7. The van der Waals surface area contributed by atoms with Crippen molar-refractivity contribution in [2.45, 2.75) is 32.7 Å². The molecule has 7 nitrogen and oxygen atoms in total. The van der Waals surface area contributed by atoms with E-state index in [1.807, 2.05) is 44.2 Å². The second kappa shape index (κ2) is 12.0. The van der Waals surface area contributed by atoms with Gasteiger partial charge in [0, 0.05) is 17.6 Å². The predicted octanol–water partition coefficient (Wildman–Crippen LogP) is 3.20. The Bertz CT molecular complexity index is 998. The molecule has 0 heterocycles. The first-order valence-electron chi connectivity index (χ1n) is 10.5. The molecular weight excluding hydrogens is 494 g/mol. The highest BCUT2D eigenvalue weighted by molar-refractivity contribution is 9.10. The van der Waals surface area contributed by atoms with Crippen molar-refractivity contribution in [3.05, 3.63) is 64.6 Å². The van der Waals surface area contributed by atoms with E-state index in [2.05, 4.69) is 21.2 Å². The molecule has 32 heavy (non-hydrogen) atoms. The lowest BCUT2D eigenvalue weighted by molar-refractivity contribution is -0.139. The van der Waals surface area contributed by atoms with Crippen molar-refractivity contribution < 1.29 is 18.0 Å². The SMILES string of the molecule is CCNC(=O)[C@@H](CC)N(CCc1ccccc1)C(=O)CN(c1ccc(Br)cc1)S(C)(=O)=O. The number of halogens is 1. The highest BCUT2D eigenvalue weighted by atomic mass is 79.9. The number of carbonyl (C=O) groups excluding carboxylic acids is 2. The molecule has 0 radical (unpaired) electrons. The average Bonchev–Trinajstić information content (AvgIpc) is 2.75. The molecule has 9 heteroatoms. The van der Waals surface area contributed by atoms with Crippen molar-refractivity contribution in [1.82, 2.24) is 10.2 Å². The first-order valence-corrected chi connectivity index (χ1v) is 13.2. The van der Waals surface area contributed by atoms with Crippen molar-refractivity contribution in [2.75, 3.05) is 30.2 Å². The Labute approximate surface area is 199 Å². The van der Waals surface area contributed by atoms with Crippen molar-refractivity contribution in [1.29, 1.82) is 0 Å². The minimum absolute atomic E-state index is 0.244. The van der Waals surface area contributed by atoms with Crippen LogP contribution in [0.15, 0.2) is 59.1 Å². The third-order valence-electron chi connectivity index (χ3n) is 5.01. The fraction of sp³-hybridized carbons (Fsp3) is 0.391. The van der Waals surface area contributed by atoms with Gasteiger partial charge >= 0.3 is 0 Å². The molecule has 1 atom stereocenters. The molecule has 2 rings (SSSR count). The van der Waals surface area contributed by atoms with Crippen molar-refractivity contribution in [3.8, 4) is 0 Å². The molecule has 2 amide bonds. The maximum absolute atomic E-state index is 13.4. The van der Waals surface area contributed by atoms with Crippen LogP contribution in [0.3, 0.4) is 0 Å². The van der Waals surface area contributed by atoms with E-state index in [0.29, 0.717) is 31.6 Å². The number of rotatable bonds is 11. The molecular formula is C23H30BrN3O4S. The van der Waals surface area contributed by atoms with Gasteiger partial charge in [0.25, 0.3) is 0 Å². The van der Waals surface area contributed by atoms with Crippen LogP contribution < -0.4 is 9.62 Å². The number of hydrogen-bond acceptors (Lipinski definition) is 4. The zero-order valence-electron chi connectivity index (χ0n) is 18.6. The van der Waals surface area contributed by atoms with Crippen LogP contribution in [0, 0.1) is 0 Å². The Kier molecular flexibility index (Phi) is 9.71. The molecule has 0 aliphatic heterocycles. The van der Waals surface area contributed by atoms with Gasteiger partial charge in [-0.2, -0.15) is 0 Å². The van der Waals surface area contributed by atoms with E-state index in [4.69, 9.17) is 0 Å². The highest BCUT2D eigenvalue weighted by Crippen LogP contribution is 2.21. The summed E-state index contributed by atoms with van der Waals surface area (Å²) in [7, 11) is -3.72. The summed E-state index contributed by atoms with van der Waals surface area (Å²) in [6.45, 7) is 4.03. The molecule has 174 valence electrons. The largest absolute Gasteiger partial charge is 0.355 e. The Morgan fingerprint density at radius 1 is 1.03 bits per heavy atom. The van der Waals surface area contributed by atoms with E-state index < -0.39 is 22.0 Å². The van der Waals surface area contributed by atoms with Crippen molar-refractivity contribution in [2.24, 2.45) is 0 Å². The minimum Gasteiger partial charge on any atom is -0.355 e. The Morgan fingerprint density at radius 2 is 1.66 bits per heavy atom. The second-order valence-electron chi connectivity index (χ2n) is 7.39. The van der Waals surface area contributed by atoms with Gasteiger partial charge in [0.1, 0.15) is 12.6 Å². The molecule has 0 saturated carbocycles. The first kappa shape index (κ1) is 25.9. The van der Waals surface area contributed by atoms with E-state index in [0.717, 1.165) is 20.6 Å². The van der Waals surface area contributed by atoms with Gasteiger partial charge < -0.3 is 10.2 Å². The third-order valence-corrected chi connectivity index (χ3v) is 6.68. The average molecular weight is 524 g/mol. The first-order chi connectivity index (χ1) is 15.2. The fourth-order valence-electron chi connectivity index (χ4n) is 3.41. The van der Waals surface area contributed by atoms with Gasteiger partial charge in [0.2, 0.25) is 21.8 Å². The quantitative estimate of drug-likeness (QED) is 0.489. The molecule has 2 aromatic carbocycles. The molecule has 0 aliphatic carbocycles. The molecule has 0 aliphatic rings. The number of sulfonamides is 1. The molecule has 0 saturated heterocycles. The number of benzene rings is 2. The molecule has 2 aromatic rings. The monoisotopic (exact) mass is 523 g/mol. The number of anilines is 1. The number of nitrogens with zero attached hydrogens (tertiary/aromatic N) is 2. The lowest BCUT2D eigenvalue weighted by Gasteiger charge is -2.32. The summed E-state index contributed by atoms with van der Waals surface area (Å²) in [5.74, 6) is -0.668. The standard InChI is InChI=1S/C23H30BrN3O4S/c1-4-21(23(29)25-5-2)26(16-15-18-9-7-6-8-10-18)22(28)17-27(32(3,30)31)20-13-11-19(24)12-14-20/h6-14,21H,4-5,15-17H2,1-3H3,(H,25,29)/t21-/m1/s1. The lowest BCUT2D eigenvalue weighted by Crippen LogP contribution is -2.53. The van der Waals surface area contributed by atoms with Gasteiger partial charge in [-0.05, 0) is 49.6 Å². The van der Waals surface area contributed by atoms with E-state index in [9.17, 15) is 18.0 Å². The molecule has 0 unspecified atom stereocenters. The van der Waals surface area contributed by atoms with E-state index in [1.54, 1.807) is 24.3 Å². The Morgan fingerprint density at radius 3 is 2.19 bits per heavy atom. The number of amides is 2. The van der Waals surface area contributed by atoms with E-state index in [1.165, 1.54) is 4.90 Å². The summed E-state index contributed by atoms with van der Waals surface area (Å²) >= 11 is 3.33. The summed E-state index contributed by atoms with van der Waals surface area (Å²) < 4.78 is 26.9. The van der Waals surface area contributed by atoms with Gasteiger partial charge in [-0.15, -0.1) is 0 Å². The van der Waals surface area contributed by atoms with Crippen LogP contribution in [0.1, 0.15) is 25.8 Å². The number of hydrogen-bond donors (Lipinski definition) is 1. The van der Waals surface area contributed by atoms with E-state index >= 15 is 0 Å². The van der Waals surface area contributed by atoms with Gasteiger partial charge in [-0.3, -0.25) is 13.9 Å². The van der Waals surface area contributed by atoms with Crippen LogP contribution in [0.25, 0.3) is 0 Å². The zero-order valence-corrected chi connectivity index (χ0v) is 21.0. The molecule has 0 spiro atoms. The summed E-state index contributed by atoms with van der Waals surface area (Å²) in [4.78, 5) is 27.6. The van der Waals surface area contributed by atoms with Crippen LogP contribution >= 0.6 is 15.9 Å². The van der Waals surface area contributed by atoms with Gasteiger partial charge in [-0.25, -0.2) is 8.42 Å². The van der Waals surface area contributed by atoms with Crippen LogP contribution in [0.5, 0.6) is 0 Å². The lowest BCUT2D eigenvalue weighted by atomic mass is 10.1. The summed E-state index contributed by atoms with van der Waals surface area (Å²) in [5, 5.41) is 2.78. The van der Waals surface area contributed by atoms with Crippen molar-refractivity contribution in [3.63, 3.8) is 0 Å². The van der Waals surface area contributed by atoms with Crippen LogP contribution in [-0.4, -0.2) is 57.1 Å². The Hall–Kier alpha value is -2.39. The molecule has 1 N–H and O–H groups in total. The minimum atomic E-state index is -3.72.